The molecule has 2 atom stereocenters. The predicted molar refractivity (Wildman–Crippen MR) is 77.6 cm³/mol. The summed E-state index contributed by atoms with van der Waals surface area (Å²) >= 11 is 10.3. The van der Waals surface area contributed by atoms with Gasteiger partial charge in [0.05, 0.1) is 10.6 Å². The SMILES string of the molecule is CC1CCCC(NC(=O)c2cc(S)ccc2Cl)C1. The molecule has 2 rings (SSSR count). The van der Waals surface area contributed by atoms with Crippen molar-refractivity contribution < 1.29 is 4.79 Å². The highest BCUT2D eigenvalue weighted by Crippen LogP contribution is 2.25. The molecule has 1 saturated carbocycles. The number of thiol groups is 1. The van der Waals surface area contributed by atoms with E-state index in [1.807, 2.05) is 0 Å². The highest BCUT2D eigenvalue weighted by Gasteiger charge is 2.21. The highest BCUT2D eigenvalue weighted by molar-refractivity contribution is 7.80. The molecule has 1 amide bonds. The van der Waals surface area contributed by atoms with E-state index >= 15 is 0 Å². The largest absolute Gasteiger partial charge is 0.349 e. The Kier molecular flexibility index (Phi) is 4.57. The van der Waals surface area contributed by atoms with Gasteiger partial charge in [0.15, 0.2) is 0 Å². The van der Waals surface area contributed by atoms with E-state index in [-0.39, 0.29) is 11.9 Å². The minimum atomic E-state index is -0.0880. The molecule has 2 nitrogen and oxygen atoms in total. The Labute approximate surface area is 119 Å². The van der Waals surface area contributed by atoms with Crippen molar-refractivity contribution in [2.45, 2.75) is 43.5 Å². The fourth-order valence-electron chi connectivity index (χ4n) is 2.52. The first-order valence-corrected chi connectivity index (χ1v) is 7.18. The number of carbonyl (C=O) groups excluding carboxylic acids is 1. The van der Waals surface area contributed by atoms with Crippen molar-refractivity contribution in [3.8, 4) is 0 Å². The van der Waals surface area contributed by atoms with Crippen LogP contribution in [0.2, 0.25) is 5.02 Å². The number of halogens is 1. The molecule has 98 valence electrons. The summed E-state index contributed by atoms with van der Waals surface area (Å²) in [7, 11) is 0. The first kappa shape index (κ1) is 13.8. The summed E-state index contributed by atoms with van der Waals surface area (Å²) in [4.78, 5) is 12.9. The van der Waals surface area contributed by atoms with E-state index in [0.29, 0.717) is 16.5 Å². The number of benzene rings is 1. The average molecular weight is 284 g/mol. The minimum Gasteiger partial charge on any atom is -0.349 e. The van der Waals surface area contributed by atoms with E-state index in [2.05, 4.69) is 24.9 Å². The van der Waals surface area contributed by atoms with Gasteiger partial charge in [-0.1, -0.05) is 31.4 Å². The summed E-state index contributed by atoms with van der Waals surface area (Å²) in [6, 6.07) is 5.49. The highest BCUT2D eigenvalue weighted by atomic mass is 35.5. The Morgan fingerprint density at radius 1 is 1.44 bits per heavy atom. The first-order chi connectivity index (χ1) is 8.56. The Hall–Kier alpha value is -0.670. The summed E-state index contributed by atoms with van der Waals surface area (Å²) in [5.74, 6) is 0.603. The third kappa shape index (κ3) is 3.42. The lowest BCUT2D eigenvalue weighted by molar-refractivity contribution is 0.0921. The van der Waals surface area contributed by atoms with Crippen molar-refractivity contribution in [2.75, 3.05) is 0 Å². The van der Waals surface area contributed by atoms with Gasteiger partial charge in [0.25, 0.3) is 5.91 Å². The second-order valence-electron chi connectivity index (χ2n) is 5.11. The molecule has 1 aromatic rings. The van der Waals surface area contributed by atoms with Crippen LogP contribution in [-0.4, -0.2) is 11.9 Å². The van der Waals surface area contributed by atoms with Crippen molar-refractivity contribution >= 4 is 30.1 Å². The van der Waals surface area contributed by atoms with E-state index in [1.165, 1.54) is 12.8 Å². The second kappa shape index (κ2) is 5.98. The van der Waals surface area contributed by atoms with Crippen LogP contribution in [0, 0.1) is 5.92 Å². The smallest absolute Gasteiger partial charge is 0.253 e. The van der Waals surface area contributed by atoms with E-state index in [0.717, 1.165) is 17.7 Å². The normalized spacial score (nSPS) is 23.7. The Bertz CT molecular complexity index is 449. The number of rotatable bonds is 2. The molecule has 4 heteroatoms. The van der Waals surface area contributed by atoms with Crippen LogP contribution in [0.1, 0.15) is 43.0 Å². The Morgan fingerprint density at radius 2 is 2.22 bits per heavy atom. The lowest BCUT2D eigenvalue weighted by Crippen LogP contribution is -2.38. The molecular weight excluding hydrogens is 266 g/mol. The summed E-state index contributed by atoms with van der Waals surface area (Å²) < 4.78 is 0. The molecule has 0 heterocycles. The Morgan fingerprint density at radius 3 is 2.94 bits per heavy atom. The zero-order valence-corrected chi connectivity index (χ0v) is 12.1. The average Bonchev–Trinajstić information content (AvgIpc) is 2.32. The third-order valence-corrected chi connectivity index (χ3v) is 4.07. The van der Waals surface area contributed by atoms with Crippen molar-refractivity contribution in [1.29, 1.82) is 0 Å². The van der Waals surface area contributed by atoms with Crippen LogP contribution in [0.25, 0.3) is 0 Å². The molecule has 1 aliphatic carbocycles. The van der Waals surface area contributed by atoms with Gasteiger partial charge < -0.3 is 5.32 Å². The van der Waals surface area contributed by atoms with Crippen LogP contribution in [0.3, 0.4) is 0 Å². The summed E-state index contributed by atoms with van der Waals surface area (Å²) in [6.45, 7) is 2.24. The van der Waals surface area contributed by atoms with E-state index in [9.17, 15) is 4.79 Å². The van der Waals surface area contributed by atoms with Crippen LogP contribution >= 0.6 is 24.2 Å². The molecule has 1 N–H and O–H groups in total. The van der Waals surface area contributed by atoms with E-state index < -0.39 is 0 Å². The quantitative estimate of drug-likeness (QED) is 0.791. The standard InChI is InChI=1S/C14H18ClNOS/c1-9-3-2-4-10(7-9)16-14(17)12-8-11(18)5-6-13(12)15/h5-6,8-10,18H,2-4,7H2,1H3,(H,16,17). The van der Waals surface area contributed by atoms with Crippen molar-refractivity contribution in [3.63, 3.8) is 0 Å². The second-order valence-corrected chi connectivity index (χ2v) is 6.03. The number of carbonyl (C=O) groups is 1. The lowest BCUT2D eigenvalue weighted by Gasteiger charge is -2.27. The van der Waals surface area contributed by atoms with Gasteiger partial charge in [-0.25, -0.2) is 0 Å². The molecular formula is C14H18ClNOS. The van der Waals surface area contributed by atoms with Crippen LogP contribution in [-0.2, 0) is 0 Å². The van der Waals surface area contributed by atoms with E-state index in [1.54, 1.807) is 18.2 Å². The zero-order chi connectivity index (χ0) is 13.1. The number of hydrogen-bond acceptors (Lipinski definition) is 2. The summed E-state index contributed by atoms with van der Waals surface area (Å²) in [5.41, 5.74) is 0.516. The summed E-state index contributed by atoms with van der Waals surface area (Å²) in [6.07, 6.45) is 4.57. The van der Waals surface area contributed by atoms with Crippen molar-refractivity contribution in [1.82, 2.24) is 5.32 Å². The van der Waals surface area contributed by atoms with Gasteiger partial charge in [-0.05, 0) is 37.0 Å². The Balaban J connectivity index is 2.05. The first-order valence-electron chi connectivity index (χ1n) is 6.35. The maximum Gasteiger partial charge on any atom is 0.253 e. The maximum atomic E-state index is 12.2. The molecule has 0 bridgehead atoms. The molecule has 1 aromatic carbocycles. The van der Waals surface area contributed by atoms with Gasteiger partial charge in [-0.15, -0.1) is 12.6 Å². The van der Waals surface area contributed by atoms with Crippen LogP contribution in [0.4, 0.5) is 0 Å². The molecule has 0 radical (unpaired) electrons. The predicted octanol–water partition coefficient (Wildman–Crippen LogP) is 3.94. The third-order valence-electron chi connectivity index (χ3n) is 3.47. The molecule has 1 aliphatic rings. The molecule has 0 aromatic heterocycles. The van der Waals surface area contributed by atoms with Crippen molar-refractivity contribution in [3.05, 3.63) is 28.8 Å². The molecule has 0 aliphatic heterocycles. The van der Waals surface area contributed by atoms with Crippen molar-refractivity contribution in [2.24, 2.45) is 5.92 Å². The molecule has 18 heavy (non-hydrogen) atoms. The van der Waals surface area contributed by atoms with Gasteiger partial charge in [0.2, 0.25) is 0 Å². The van der Waals surface area contributed by atoms with Gasteiger partial charge >= 0.3 is 0 Å². The van der Waals surface area contributed by atoms with Gasteiger partial charge in [-0.2, -0.15) is 0 Å². The van der Waals surface area contributed by atoms with Crippen LogP contribution < -0.4 is 5.32 Å². The number of amides is 1. The fraction of sp³-hybridized carbons (Fsp3) is 0.500. The number of hydrogen-bond donors (Lipinski definition) is 2. The zero-order valence-electron chi connectivity index (χ0n) is 10.4. The summed E-state index contributed by atoms with van der Waals surface area (Å²) in [5, 5.41) is 3.56. The number of nitrogens with one attached hydrogen (secondary N) is 1. The molecule has 0 spiro atoms. The monoisotopic (exact) mass is 283 g/mol. The van der Waals surface area contributed by atoms with Gasteiger partial charge in [0.1, 0.15) is 0 Å². The van der Waals surface area contributed by atoms with E-state index in [4.69, 9.17) is 11.6 Å². The van der Waals surface area contributed by atoms with Gasteiger partial charge in [-0.3, -0.25) is 4.79 Å². The molecule has 2 unspecified atom stereocenters. The molecule has 1 fully saturated rings. The fourth-order valence-corrected chi connectivity index (χ4v) is 2.92. The maximum absolute atomic E-state index is 12.2. The lowest BCUT2D eigenvalue weighted by atomic mass is 9.87. The van der Waals surface area contributed by atoms with Gasteiger partial charge in [0, 0.05) is 10.9 Å². The van der Waals surface area contributed by atoms with Crippen LogP contribution in [0.5, 0.6) is 0 Å². The van der Waals surface area contributed by atoms with Crippen LogP contribution in [0.15, 0.2) is 23.1 Å². The minimum absolute atomic E-state index is 0.0880. The molecule has 0 saturated heterocycles. The topological polar surface area (TPSA) is 29.1 Å².